The van der Waals surface area contributed by atoms with Gasteiger partial charge in [-0.05, 0) is 68.4 Å². The highest BCUT2D eigenvalue weighted by atomic mass is 32.2. The summed E-state index contributed by atoms with van der Waals surface area (Å²) < 4.78 is 32.7. The molecule has 0 amide bonds. The molecule has 0 spiro atoms. The van der Waals surface area contributed by atoms with Crippen LogP contribution in [0.3, 0.4) is 0 Å². The van der Waals surface area contributed by atoms with E-state index in [0.29, 0.717) is 53.6 Å². The molecule has 1 aliphatic heterocycles. The number of ketones is 1. The second-order valence-electron chi connectivity index (χ2n) is 8.86. The van der Waals surface area contributed by atoms with Gasteiger partial charge >= 0.3 is 5.97 Å². The summed E-state index contributed by atoms with van der Waals surface area (Å²) in [5.41, 5.74) is 4.38. The van der Waals surface area contributed by atoms with Crippen molar-refractivity contribution in [2.24, 2.45) is 0 Å². The van der Waals surface area contributed by atoms with Gasteiger partial charge in [-0.25, -0.2) is 13.2 Å². The maximum absolute atomic E-state index is 13.2. The Morgan fingerprint density at radius 2 is 1.70 bits per heavy atom. The van der Waals surface area contributed by atoms with Gasteiger partial charge in [0.25, 0.3) is 0 Å². The summed E-state index contributed by atoms with van der Waals surface area (Å²) in [5, 5.41) is 0. The van der Waals surface area contributed by atoms with E-state index in [4.69, 9.17) is 4.74 Å². The minimum Gasteiger partial charge on any atom is -0.465 e. The molecule has 0 saturated carbocycles. The van der Waals surface area contributed by atoms with Crippen molar-refractivity contribution in [2.45, 2.75) is 44.4 Å². The Morgan fingerprint density at radius 3 is 2.36 bits per heavy atom. The van der Waals surface area contributed by atoms with Gasteiger partial charge in [-0.15, -0.1) is 0 Å². The van der Waals surface area contributed by atoms with Crippen LogP contribution in [0.25, 0.3) is 0 Å². The van der Waals surface area contributed by atoms with Crippen LogP contribution in [0.5, 0.6) is 0 Å². The number of carbonyl (C=O) groups is 2. The quantitative estimate of drug-likeness (QED) is 0.511. The van der Waals surface area contributed by atoms with Crippen molar-refractivity contribution in [3.63, 3.8) is 0 Å². The van der Waals surface area contributed by atoms with Crippen LogP contribution in [-0.2, 0) is 27.6 Å². The number of hydrogen-bond donors (Lipinski definition) is 1. The third kappa shape index (κ3) is 4.62. The van der Waals surface area contributed by atoms with Crippen molar-refractivity contribution in [3.8, 4) is 0 Å². The number of sulfonamides is 1. The first kappa shape index (κ1) is 23.7. The number of nitrogens with one attached hydrogen (secondary N) is 1. The summed E-state index contributed by atoms with van der Waals surface area (Å²) in [7, 11) is -2.24. The first-order valence-corrected chi connectivity index (χ1v) is 12.8. The molecule has 33 heavy (non-hydrogen) atoms. The molecule has 1 aliphatic carbocycles. The standard InChI is InChI=1S/C24H31N3O5S/c1-16-22(24(29)32-3)17(2)25-23(16)21(28)15-26-10-12-27(13-11-26)33(30,31)20-9-8-18-6-4-5-7-19(18)14-20/h8-9,14,25H,4-7,10-13,15H2,1-3H3. The largest absolute Gasteiger partial charge is 0.465 e. The molecule has 0 radical (unpaired) electrons. The summed E-state index contributed by atoms with van der Waals surface area (Å²) in [5.74, 6) is -0.599. The lowest BCUT2D eigenvalue weighted by Gasteiger charge is -2.33. The zero-order valence-corrected chi connectivity index (χ0v) is 20.3. The van der Waals surface area contributed by atoms with Crippen LogP contribution < -0.4 is 0 Å². The zero-order chi connectivity index (χ0) is 23.8. The van der Waals surface area contributed by atoms with Crippen molar-refractivity contribution in [1.29, 1.82) is 0 Å². The average Bonchev–Trinajstić information content (AvgIpc) is 3.12. The van der Waals surface area contributed by atoms with E-state index in [2.05, 4.69) is 4.98 Å². The number of carbonyl (C=O) groups excluding carboxylic acids is 2. The molecular formula is C24H31N3O5S. The number of methoxy groups -OCH3 is 1. The minimum atomic E-state index is -3.56. The third-order valence-corrected chi connectivity index (χ3v) is 8.66. The highest BCUT2D eigenvalue weighted by molar-refractivity contribution is 7.89. The molecule has 1 saturated heterocycles. The average molecular weight is 474 g/mol. The van der Waals surface area contributed by atoms with E-state index in [1.54, 1.807) is 19.9 Å². The molecule has 1 aromatic heterocycles. The normalized spacial score (nSPS) is 17.5. The fourth-order valence-corrected chi connectivity index (χ4v) is 6.34. The molecule has 0 unspecified atom stereocenters. The Kier molecular flexibility index (Phi) is 6.74. The summed E-state index contributed by atoms with van der Waals surface area (Å²) in [6.07, 6.45) is 4.21. The lowest BCUT2D eigenvalue weighted by molar-refractivity contribution is 0.0599. The zero-order valence-electron chi connectivity index (χ0n) is 19.4. The highest BCUT2D eigenvalue weighted by Crippen LogP contribution is 2.26. The van der Waals surface area contributed by atoms with Gasteiger partial charge in [-0.1, -0.05) is 6.07 Å². The van der Waals surface area contributed by atoms with Crippen molar-refractivity contribution >= 4 is 21.8 Å². The lowest BCUT2D eigenvalue weighted by Crippen LogP contribution is -2.49. The van der Waals surface area contributed by atoms with Crippen LogP contribution in [0.15, 0.2) is 23.1 Å². The molecule has 0 atom stereocenters. The van der Waals surface area contributed by atoms with Gasteiger partial charge in [0.1, 0.15) is 0 Å². The number of piperazine rings is 1. The van der Waals surface area contributed by atoms with E-state index < -0.39 is 16.0 Å². The van der Waals surface area contributed by atoms with E-state index in [-0.39, 0.29) is 12.3 Å². The number of H-pyrrole nitrogens is 1. The number of benzene rings is 1. The molecule has 2 heterocycles. The number of ether oxygens (including phenoxy) is 1. The third-order valence-electron chi connectivity index (χ3n) is 6.76. The molecule has 0 bridgehead atoms. The number of nitrogens with zero attached hydrogens (tertiary/aromatic N) is 2. The Balaban J connectivity index is 1.40. The van der Waals surface area contributed by atoms with Crippen LogP contribution in [-0.4, -0.2) is 74.2 Å². The second kappa shape index (κ2) is 9.40. The van der Waals surface area contributed by atoms with E-state index >= 15 is 0 Å². The number of hydrogen-bond acceptors (Lipinski definition) is 6. The van der Waals surface area contributed by atoms with Gasteiger partial charge < -0.3 is 9.72 Å². The molecule has 9 heteroatoms. The van der Waals surface area contributed by atoms with E-state index in [9.17, 15) is 18.0 Å². The number of Topliss-reactive ketones (excluding diaryl/α,β-unsaturated/α-hetero) is 1. The number of rotatable bonds is 6. The van der Waals surface area contributed by atoms with Gasteiger partial charge in [0.05, 0.1) is 29.8 Å². The molecule has 178 valence electrons. The van der Waals surface area contributed by atoms with Gasteiger partial charge in [0.2, 0.25) is 10.0 Å². The highest BCUT2D eigenvalue weighted by Gasteiger charge is 2.31. The van der Waals surface area contributed by atoms with Gasteiger partial charge in [-0.3, -0.25) is 9.69 Å². The molecule has 1 aromatic carbocycles. The molecule has 1 N–H and O–H groups in total. The van der Waals surface area contributed by atoms with E-state index in [1.165, 1.54) is 17.0 Å². The van der Waals surface area contributed by atoms with Crippen LogP contribution in [0.2, 0.25) is 0 Å². The molecule has 2 aliphatic rings. The van der Waals surface area contributed by atoms with Crippen LogP contribution in [0, 0.1) is 13.8 Å². The topological polar surface area (TPSA) is 99.8 Å². The van der Waals surface area contributed by atoms with Gasteiger partial charge in [0.15, 0.2) is 5.78 Å². The Morgan fingerprint density at radius 1 is 1.03 bits per heavy atom. The smallest absolute Gasteiger partial charge is 0.339 e. The second-order valence-corrected chi connectivity index (χ2v) is 10.8. The van der Waals surface area contributed by atoms with E-state index in [0.717, 1.165) is 31.2 Å². The summed E-state index contributed by atoms with van der Waals surface area (Å²) >= 11 is 0. The van der Waals surface area contributed by atoms with Crippen molar-refractivity contribution in [1.82, 2.24) is 14.2 Å². The monoisotopic (exact) mass is 473 g/mol. The minimum absolute atomic E-state index is 0.128. The number of fused-ring (bicyclic) bond motifs is 1. The van der Waals surface area contributed by atoms with Gasteiger partial charge in [0, 0.05) is 31.9 Å². The van der Waals surface area contributed by atoms with Crippen LogP contribution in [0.4, 0.5) is 0 Å². The van der Waals surface area contributed by atoms with E-state index in [1.807, 2.05) is 17.0 Å². The van der Waals surface area contributed by atoms with Gasteiger partial charge in [-0.2, -0.15) is 4.31 Å². The summed E-state index contributed by atoms with van der Waals surface area (Å²) in [6, 6.07) is 5.53. The van der Waals surface area contributed by atoms with Crippen LogP contribution in [0.1, 0.15) is 56.1 Å². The summed E-state index contributed by atoms with van der Waals surface area (Å²) in [4.78, 5) is 30.2. The maximum atomic E-state index is 13.2. The Hall–Kier alpha value is -2.49. The number of esters is 1. The molecule has 2 aromatic rings. The number of aryl methyl sites for hydroxylation is 3. The fourth-order valence-electron chi connectivity index (χ4n) is 4.87. The van der Waals surface area contributed by atoms with Crippen molar-refractivity contribution < 1.29 is 22.7 Å². The Bertz CT molecular complexity index is 1180. The lowest BCUT2D eigenvalue weighted by atomic mass is 9.92. The molecule has 4 rings (SSSR count). The van der Waals surface area contributed by atoms with Crippen LogP contribution >= 0.6 is 0 Å². The molecular weight excluding hydrogens is 442 g/mol. The predicted octanol–water partition coefficient (Wildman–Crippen LogP) is 2.49. The summed E-state index contributed by atoms with van der Waals surface area (Å²) in [6.45, 7) is 5.24. The fraction of sp³-hybridized carbons (Fsp3) is 0.500. The predicted molar refractivity (Wildman–Crippen MR) is 124 cm³/mol. The number of aromatic amines is 1. The first-order chi connectivity index (χ1) is 15.7. The van der Waals surface area contributed by atoms with Crippen molar-refractivity contribution in [3.05, 3.63) is 51.8 Å². The number of aromatic nitrogens is 1. The molecule has 8 nitrogen and oxygen atoms in total. The first-order valence-electron chi connectivity index (χ1n) is 11.4. The Labute approximate surface area is 195 Å². The maximum Gasteiger partial charge on any atom is 0.339 e. The SMILES string of the molecule is COC(=O)c1c(C)[nH]c(C(=O)CN2CCN(S(=O)(=O)c3ccc4c(c3)CCCC4)CC2)c1C. The molecule has 1 fully saturated rings. The van der Waals surface area contributed by atoms with Crippen molar-refractivity contribution in [2.75, 3.05) is 39.8 Å².